The molecule has 2 unspecified atom stereocenters. The molecule has 154 valence electrons. The normalized spacial score (nSPS) is 18.6. The van der Waals surface area contributed by atoms with E-state index in [1.54, 1.807) is 29.5 Å². The number of para-hydroxylation sites is 2. The van der Waals surface area contributed by atoms with Crippen LogP contribution in [0, 0.1) is 11.8 Å². The predicted molar refractivity (Wildman–Crippen MR) is 120 cm³/mol. The molecule has 1 aliphatic carbocycles. The van der Waals surface area contributed by atoms with Crippen LogP contribution in [0.4, 0.5) is 5.69 Å². The summed E-state index contributed by atoms with van der Waals surface area (Å²) in [6.07, 6.45) is 1.01. The molecule has 29 heavy (non-hydrogen) atoms. The highest BCUT2D eigenvalue weighted by Crippen LogP contribution is 2.46. The van der Waals surface area contributed by atoms with Gasteiger partial charge in [0.15, 0.2) is 0 Å². The summed E-state index contributed by atoms with van der Waals surface area (Å²) in [4.78, 5) is 26.0. The lowest BCUT2D eigenvalue weighted by molar-refractivity contribution is -0.117. The Hall–Kier alpha value is -2.45. The second kappa shape index (κ2) is 9.84. The van der Waals surface area contributed by atoms with Crippen molar-refractivity contribution in [1.29, 1.82) is 0 Å². The molecule has 1 fully saturated rings. The summed E-state index contributed by atoms with van der Waals surface area (Å²) < 4.78 is 0. The Kier molecular flexibility index (Phi) is 7.22. The van der Waals surface area contributed by atoms with Crippen LogP contribution >= 0.6 is 23.1 Å². The van der Waals surface area contributed by atoms with Crippen molar-refractivity contribution in [2.45, 2.75) is 13.3 Å². The van der Waals surface area contributed by atoms with Crippen molar-refractivity contribution in [3.8, 4) is 5.75 Å². The van der Waals surface area contributed by atoms with Gasteiger partial charge in [-0.15, -0.1) is 23.1 Å². The number of nitrogens with one attached hydrogen (secondary N) is 3. The number of benzene rings is 1. The van der Waals surface area contributed by atoms with Crippen LogP contribution in [-0.4, -0.2) is 35.6 Å². The molecule has 0 radical (unpaired) electrons. The average molecular weight is 432 g/mol. The van der Waals surface area contributed by atoms with Crippen LogP contribution in [0.3, 0.4) is 0 Å². The lowest BCUT2D eigenvalue weighted by atomic mass is 10.1. The molecule has 3 rings (SSSR count). The molecule has 2 amide bonds. The summed E-state index contributed by atoms with van der Waals surface area (Å²) >= 11 is 2.92. The zero-order valence-corrected chi connectivity index (χ0v) is 18.0. The monoisotopic (exact) mass is 431 g/mol. The molecule has 1 heterocycles. The van der Waals surface area contributed by atoms with Gasteiger partial charge in [0.2, 0.25) is 11.8 Å². The number of thiophene rings is 1. The topological polar surface area (TPSA) is 90.5 Å². The summed E-state index contributed by atoms with van der Waals surface area (Å²) in [5.41, 5.74) is 2.06. The van der Waals surface area contributed by atoms with E-state index in [9.17, 15) is 14.7 Å². The maximum absolute atomic E-state index is 12.9. The van der Waals surface area contributed by atoms with Gasteiger partial charge in [-0.25, -0.2) is 0 Å². The van der Waals surface area contributed by atoms with E-state index in [2.05, 4.69) is 22.9 Å². The maximum atomic E-state index is 12.9. The van der Waals surface area contributed by atoms with Gasteiger partial charge < -0.3 is 21.1 Å². The van der Waals surface area contributed by atoms with Gasteiger partial charge in [0.05, 0.1) is 27.9 Å². The fraction of sp³-hybridized carbons (Fsp3) is 0.333. The molecular formula is C21H25N3O3S2. The third-order valence-electron chi connectivity index (χ3n) is 4.76. The van der Waals surface area contributed by atoms with Gasteiger partial charge in [0, 0.05) is 12.6 Å². The summed E-state index contributed by atoms with van der Waals surface area (Å²) in [7, 11) is 1.84. The van der Waals surface area contributed by atoms with E-state index in [1.165, 1.54) is 17.8 Å². The number of phenolic OH excluding ortho intramolecular Hbond substituents is 1. The number of phenols is 1. The van der Waals surface area contributed by atoms with Crippen LogP contribution in [0.25, 0.3) is 5.70 Å². The Bertz CT molecular complexity index is 896. The van der Waals surface area contributed by atoms with Gasteiger partial charge in [0.1, 0.15) is 5.75 Å². The number of anilines is 1. The van der Waals surface area contributed by atoms with Crippen LogP contribution in [0.2, 0.25) is 0 Å². The van der Waals surface area contributed by atoms with Crippen LogP contribution in [0.15, 0.2) is 47.4 Å². The third-order valence-corrected chi connectivity index (χ3v) is 6.46. The summed E-state index contributed by atoms with van der Waals surface area (Å²) in [5, 5.41) is 20.5. The molecule has 6 nitrogen and oxygen atoms in total. The van der Waals surface area contributed by atoms with Crippen LogP contribution < -0.4 is 16.0 Å². The Balaban J connectivity index is 1.54. The van der Waals surface area contributed by atoms with E-state index in [0.29, 0.717) is 17.5 Å². The number of hydrogen-bond donors (Lipinski definition) is 4. The molecule has 0 bridgehead atoms. The van der Waals surface area contributed by atoms with Gasteiger partial charge >= 0.3 is 0 Å². The van der Waals surface area contributed by atoms with E-state index in [-0.39, 0.29) is 29.2 Å². The minimum Gasteiger partial charge on any atom is -0.506 e. The zero-order chi connectivity index (χ0) is 20.8. The first-order valence-electron chi connectivity index (χ1n) is 9.40. The first kappa shape index (κ1) is 21.3. The Labute approximate surface area is 178 Å². The van der Waals surface area contributed by atoms with Crippen molar-refractivity contribution in [2.24, 2.45) is 11.8 Å². The van der Waals surface area contributed by atoms with Gasteiger partial charge in [-0.3, -0.25) is 9.59 Å². The van der Waals surface area contributed by atoms with E-state index < -0.39 is 0 Å². The first-order valence-corrected chi connectivity index (χ1v) is 11.4. The Morgan fingerprint density at radius 2 is 2.00 bits per heavy atom. The molecule has 0 aliphatic heterocycles. The van der Waals surface area contributed by atoms with Crippen molar-refractivity contribution in [1.82, 2.24) is 10.6 Å². The predicted octanol–water partition coefficient (Wildman–Crippen LogP) is 3.49. The fourth-order valence-corrected chi connectivity index (χ4v) is 4.51. The lowest BCUT2D eigenvalue weighted by Crippen LogP contribution is -2.29. The molecule has 2 atom stereocenters. The SMILES string of the molecule is CN/C(=C(\C(=O)NCSCC(=O)Nc1ccccc1O)C1CC1C)c1cccs1. The number of hydrogen-bond acceptors (Lipinski definition) is 6. The second-order valence-electron chi connectivity index (χ2n) is 6.90. The molecule has 0 saturated heterocycles. The molecule has 1 saturated carbocycles. The molecule has 1 aliphatic rings. The van der Waals surface area contributed by atoms with Crippen molar-refractivity contribution >= 4 is 46.3 Å². The molecule has 0 spiro atoms. The molecule has 1 aromatic carbocycles. The number of carbonyl (C=O) groups excluding carboxylic acids is 2. The number of aromatic hydroxyl groups is 1. The minimum atomic E-state index is -0.230. The second-order valence-corrected chi connectivity index (χ2v) is 8.83. The zero-order valence-electron chi connectivity index (χ0n) is 16.4. The van der Waals surface area contributed by atoms with Gasteiger partial charge in [-0.2, -0.15) is 0 Å². The van der Waals surface area contributed by atoms with Crippen molar-refractivity contribution in [2.75, 3.05) is 24.0 Å². The maximum Gasteiger partial charge on any atom is 0.250 e. The van der Waals surface area contributed by atoms with E-state index in [0.717, 1.165) is 22.6 Å². The number of amides is 2. The number of thioether (sulfide) groups is 1. The van der Waals surface area contributed by atoms with Crippen LogP contribution in [0.5, 0.6) is 5.75 Å². The largest absolute Gasteiger partial charge is 0.506 e. The van der Waals surface area contributed by atoms with Crippen LogP contribution in [-0.2, 0) is 9.59 Å². The number of carbonyl (C=O) groups is 2. The Morgan fingerprint density at radius 1 is 1.24 bits per heavy atom. The molecule has 8 heteroatoms. The first-order chi connectivity index (χ1) is 14.0. The summed E-state index contributed by atoms with van der Waals surface area (Å²) in [5.74, 6) is 0.972. The number of rotatable bonds is 9. The average Bonchev–Trinajstić information content (AvgIpc) is 3.17. The highest BCUT2D eigenvalue weighted by molar-refractivity contribution is 7.99. The standard InChI is InChI=1S/C21H25N3O3S2/c1-13-10-14(13)19(20(22-2)17-8-5-9-29-17)21(27)23-12-28-11-18(26)24-15-6-3-4-7-16(15)25/h3-9,13-14,22,25H,10-12H2,1-2H3,(H,23,27)(H,24,26)/b20-19-. The van der Waals surface area contributed by atoms with Gasteiger partial charge in [-0.05, 0) is 41.8 Å². The van der Waals surface area contributed by atoms with Crippen molar-refractivity contribution in [3.05, 3.63) is 52.2 Å². The lowest BCUT2D eigenvalue weighted by Gasteiger charge is -2.14. The molecule has 2 aromatic rings. The molecule has 1 aromatic heterocycles. The van der Waals surface area contributed by atoms with Crippen molar-refractivity contribution in [3.63, 3.8) is 0 Å². The smallest absolute Gasteiger partial charge is 0.250 e. The highest BCUT2D eigenvalue weighted by Gasteiger charge is 2.40. The van der Waals surface area contributed by atoms with E-state index in [1.807, 2.05) is 24.6 Å². The fourth-order valence-electron chi connectivity index (χ4n) is 3.12. The van der Waals surface area contributed by atoms with Crippen molar-refractivity contribution < 1.29 is 14.7 Å². The van der Waals surface area contributed by atoms with E-state index >= 15 is 0 Å². The quantitative estimate of drug-likeness (QED) is 0.211. The summed E-state index contributed by atoms with van der Waals surface area (Å²) in [6.45, 7) is 2.15. The third kappa shape index (κ3) is 5.55. The van der Waals surface area contributed by atoms with Gasteiger partial charge in [0.25, 0.3) is 0 Å². The molecular weight excluding hydrogens is 406 g/mol. The highest BCUT2D eigenvalue weighted by atomic mass is 32.2. The summed E-state index contributed by atoms with van der Waals surface area (Å²) in [6, 6.07) is 10.6. The molecule has 4 N–H and O–H groups in total. The van der Waals surface area contributed by atoms with E-state index in [4.69, 9.17) is 0 Å². The van der Waals surface area contributed by atoms with Crippen LogP contribution in [0.1, 0.15) is 18.2 Å². The van der Waals surface area contributed by atoms with Gasteiger partial charge in [-0.1, -0.05) is 25.1 Å². The Morgan fingerprint density at radius 3 is 2.62 bits per heavy atom. The minimum absolute atomic E-state index is 0.0284.